The van der Waals surface area contributed by atoms with Crippen molar-refractivity contribution in [1.29, 1.82) is 0 Å². The molecule has 0 spiro atoms. The Kier molecular flexibility index (Phi) is 7.94. The van der Waals surface area contributed by atoms with Gasteiger partial charge >= 0.3 is 0 Å². The van der Waals surface area contributed by atoms with Crippen LogP contribution in [-0.2, 0) is 11.3 Å². The first-order valence-electron chi connectivity index (χ1n) is 8.96. The molecule has 1 aromatic carbocycles. The average Bonchev–Trinajstić information content (AvgIpc) is 2.62. The van der Waals surface area contributed by atoms with Crippen LogP contribution in [0.2, 0.25) is 0 Å². The third-order valence-corrected chi connectivity index (χ3v) is 4.96. The van der Waals surface area contributed by atoms with Gasteiger partial charge in [-0.15, -0.1) is 0 Å². The fraction of sp³-hybridized carbons (Fsp3) is 0.600. The summed E-state index contributed by atoms with van der Waals surface area (Å²) in [4.78, 5) is 0. The van der Waals surface area contributed by atoms with E-state index in [0.29, 0.717) is 18.8 Å². The third kappa shape index (κ3) is 6.14. The van der Waals surface area contributed by atoms with Crippen LogP contribution in [0.5, 0.6) is 0 Å². The highest BCUT2D eigenvalue weighted by Crippen LogP contribution is 2.36. The van der Waals surface area contributed by atoms with Crippen molar-refractivity contribution in [1.82, 2.24) is 0 Å². The Bertz CT molecular complexity index is 553. The Morgan fingerprint density at radius 2 is 1.84 bits per heavy atom. The Morgan fingerprint density at radius 3 is 2.48 bits per heavy atom. The van der Waals surface area contributed by atoms with Gasteiger partial charge in [-0.1, -0.05) is 31.1 Å². The third-order valence-electron chi connectivity index (χ3n) is 4.96. The zero-order chi connectivity index (χ0) is 18.2. The van der Waals surface area contributed by atoms with Gasteiger partial charge < -0.3 is 4.74 Å². The second kappa shape index (κ2) is 9.95. The number of hydrogen-bond acceptors (Lipinski definition) is 1. The molecule has 2 unspecified atom stereocenters. The van der Waals surface area contributed by atoms with E-state index in [1.807, 2.05) is 13.0 Å². The molecule has 0 amide bonds. The van der Waals surface area contributed by atoms with Crippen molar-refractivity contribution in [2.75, 3.05) is 0 Å². The number of rotatable bonds is 8. The van der Waals surface area contributed by atoms with Gasteiger partial charge in [0, 0.05) is 0 Å². The molecule has 0 aliphatic heterocycles. The second-order valence-corrected chi connectivity index (χ2v) is 6.78. The van der Waals surface area contributed by atoms with Crippen LogP contribution >= 0.6 is 0 Å². The van der Waals surface area contributed by atoms with Crippen LogP contribution in [0.25, 0.3) is 0 Å². The summed E-state index contributed by atoms with van der Waals surface area (Å²) >= 11 is 0. The largest absolute Gasteiger partial charge is 0.341 e. The van der Waals surface area contributed by atoms with E-state index in [1.54, 1.807) is 0 Å². The zero-order valence-corrected chi connectivity index (χ0v) is 14.6. The first-order valence-corrected chi connectivity index (χ1v) is 8.96. The minimum atomic E-state index is -2.04. The predicted octanol–water partition coefficient (Wildman–Crippen LogP) is 6.28. The zero-order valence-electron chi connectivity index (χ0n) is 14.6. The predicted molar refractivity (Wildman–Crippen MR) is 90.4 cm³/mol. The highest BCUT2D eigenvalue weighted by molar-refractivity contribution is 5.16. The summed E-state index contributed by atoms with van der Waals surface area (Å²) in [6.45, 7) is 1.71. The van der Waals surface area contributed by atoms with E-state index >= 15 is 0 Å². The monoisotopic (exact) mass is 358 g/mol. The lowest BCUT2D eigenvalue weighted by molar-refractivity contribution is -0.115. The van der Waals surface area contributed by atoms with Crippen molar-refractivity contribution in [3.8, 4) is 0 Å². The Hall–Kier alpha value is -1.36. The summed E-state index contributed by atoms with van der Waals surface area (Å²) in [5, 5.41) is 0. The van der Waals surface area contributed by atoms with Gasteiger partial charge in [0.1, 0.15) is 0 Å². The fourth-order valence-electron chi connectivity index (χ4n) is 3.41. The first kappa shape index (κ1) is 20.0. The smallest absolute Gasteiger partial charge is 0.231 e. The van der Waals surface area contributed by atoms with E-state index in [-0.39, 0.29) is 18.1 Å². The molecule has 0 N–H and O–H groups in total. The second-order valence-electron chi connectivity index (χ2n) is 6.78. The molecule has 0 bridgehead atoms. The first-order chi connectivity index (χ1) is 12.0. The molecule has 1 aliphatic carbocycles. The molecule has 1 aliphatic rings. The molecule has 1 fully saturated rings. The lowest BCUT2D eigenvalue weighted by atomic mass is 9.78. The number of hydrogen-bond donors (Lipinski definition) is 0. The fourth-order valence-corrected chi connectivity index (χ4v) is 3.41. The van der Waals surface area contributed by atoms with Crippen LogP contribution in [0.3, 0.4) is 0 Å². The van der Waals surface area contributed by atoms with E-state index in [9.17, 15) is 17.6 Å². The van der Waals surface area contributed by atoms with E-state index in [1.165, 1.54) is 6.07 Å². The van der Waals surface area contributed by atoms with Crippen molar-refractivity contribution >= 4 is 0 Å². The van der Waals surface area contributed by atoms with Gasteiger partial charge in [-0.3, -0.25) is 0 Å². The van der Waals surface area contributed by atoms with Crippen LogP contribution in [0.4, 0.5) is 17.6 Å². The summed E-state index contributed by atoms with van der Waals surface area (Å²) in [6, 6.07) is 3.18. The van der Waals surface area contributed by atoms with Crippen LogP contribution in [0, 0.1) is 23.5 Å². The van der Waals surface area contributed by atoms with E-state index < -0.39 is 24.2 Å². The number of halogens is 4. The molecule has 5 heteroatoms. The van der Waals surface area contributed by atoms with Crippen LogP contribution in [-0.4, -0.2) is 12.5 Å². The Morgan fingerprint density at radius 1 is 1.12 bits per heavy atom. The SMILES string of the molecule is CC=CCC[C@H]1CC[C@H](C(F)C(F)OCc2ccc(F)c(F)c2)CC1. The van der Waals surface area contributed by atoms with E-state index in [2.05, 4.69) is 6.08 Å². The molecule has 1 nitrogen and oxygen atoms in total. The van der Waals surface area contributed by atoms with Crippen LogP contribution in [0.1, 0.15) is 51.0 Å². The van der Waals surface area contributed by atoms with Crippen molar-refractivity contribution in [3.05, 3.63) is 47.5 Å². The molecule has 2 rings (SSSR count). The summed E-state index contributed by atoms with van der Waals surface area (Å²) in [5.74, 6) is -1.75. The molecular weight excluding hydrogens is 332 g/mol. The maximum absolute atomic E-state index is 14.3. The van der Waals surface area contributed by atoms with Crippen molar-refractivity contribution < 1.29 is 22.3 Å². The van der Waals surface area contributed by atoms with Gasteiger partial charge in [0.15, 0.2) is 17.8 Å². The molecule has 0 saturated heterocycles. The van der Waals surface area contributed by atoms with Gasteiger partial charge in [0.25, 0.3) is 0 Å². The lowest BCUT2D eigenvalue weighted by Crippen LogP contribution is -2.31. The van der Waals surface area contributed by atoms with Gasteiger partial charge in [0.05, 0.1) is 6.61 Å². The molecule has 25 heavy (non-hydrogen) atoms. The maximum atomic E-state index is 14.3. The summed E-state index contributed by atoms with van der Waals surface area (Å²) < 4.78 is 59.2. The number of ether oxygens (including phenoxy) is 1. The van der Waals surface area contributed by atoms with Gasteiger partial charge in [-0.05, 0) is 62.1 Å². The topological polar surface area (TPSA) is 9.23 Å². The van der Waals surface area contributed by atoms with Gasteiger partial charge in [0.2, 0.25) is 6.36 Å². The summed E-state index contributed by atoms with van der Waals surface area (Å²) in [7, 11) is 0. The molecule has 2 atom stereocenters. The molecule has 0 aromatic heterocycles. The van der Waals surface area contributed by atoms with Crippen LogP contribution in [0.15, 0.2) is 30.4 Å². The van der Waals surface area contributed by atoms with Crippen LogP contribution < -0.4 is 0 Å². The maximum Gasteiger partial charge on any atom is 0.231 e. The standard InChI is InChI=1S/C20H26F4O/c1-2-3-4-5-14-6-9-16(10-7-14)19(23)20(24)25-13-15-8-11-17(21)18(22)12-15/h2-3,8,11-12,14,16,19-20H,4-7,9-10,13H2,1H3/t14-,16-,19?,20?. The summed E-state index contributed by atoms with van der Waals surface area (Å²) in [5.41, 5.74) is 0.279. The molecular formula is C20H26F4O. The molecule has 140 valence electrons. The summed E-state index contributed by atoms with van der Waals surface area (Å²) in [6.07, 6.45) is 5.73. The number of benzene rings is 1. The normalized spacial score (nSPS) is 23.7. The average molecular weight is 358 g/mol. The van der Waals surface area contributed by atoms with Crippen molar-refractivity contribution in [2.24, 2.45) is 11.8 Å². The van der Waals surface area contributed by atoms with E-state index in [4.69, 9.17) is 4.74 Å². The minimum Gasteiger partial charge on any atom is -0.341 e. The van der Waals surface area contributed by atoms with Gasteiger partial charge in [-0.2, -0.15) is 0 Å². The molecule has 0 heterocycles. The van der Waals surface area contributed by atoms with E-state index in [0.717, 1.165) is 37.8 Å². The molecule has 0 radical (unpaired) electrons. The van der Waals surface area contributed by atoms with Crippen molar-refractivity contribution in [3.63, 3.8) is 0 Å². The number of allylic oxidation sites excluding steroid dienone is 2. The molecule has 1 aromatic rings. The number of alkyl halides is 2. The Labute approximate surface area is 147 Å². The minimum absolute atomic E-state index is 0.279. The Balaban J connectivity index is 1.74. The van der Waals surface area contributed by atoms with Crippen molar-refractivity contribution in [2.45, 2.75) is 64.6 Å². The lowest BCUT2D eigenvalue weighted by Gasteiger charge is -2.31. The highest BCUT2D eigenvalue weighted by Gasteiger charge is 2.33. The molecule has 1 saturated carbocycles. The quantitative estimate of drug-likeness (QED) is 0.393. The highest BCUT2D eigenvalue weighted by atomic mass is 19.2. The van der Waals surface area contributed by atoms with Gasteiger partial charge in [-0.25, -0.2) is 17.6 Å².